The first-order valence-corrected chi connectivity index (χ1v) is 10.4. The van der Waals surface area contributed by atoms with E-state index in [1.165, 1.54) is 30.6 Å². The van der Waals surface area contributed by atoms with Gasteiger partial charge in [0.25, 0.3) is 0 Å². The van der Waals surface area contributed by atoms with Crippen LogP contribution < -0.4 is 5.63 Å². The molecule has 3 aromatic rings. The number of benzene rings is 1. The van der Waals surface area contributed by atoms with E-state index in [0.717, 1.165) is 24.0 Å². The fraction of sp³-hybridized carbons (Fsp3) is 0.429. The van der Waals surface area contributed by atoms with Gasteiger partial charge in [0, 0.05) is 29.0 Å². The van der Waals surface area contributed by atoms with E-state index in [-0.39, 0.29) is 5.75 Å². The SMILES string of the molecule is CC[C@@H]1CCCCN1Cc1c(O)ccc2cc(-c3nc(C)cs3)c(=O)oc12. The molecule has 1 fully saturated rings. The molecule has 0 aliphatic carbocycles. The van der Waals surface area contributed by atoms with Crippen molar-refractivity contribution in [2.75, 3.05) is 6.54 Å². The summed E-state index contributed by atoms with van der Waals surface area (Å²) >= 11 is 1.44. The van der Waals surface area contributed by atoms with Gasteiger partial charge in [-0.05, 0) is 50.9 Å². The molecule has 1 N–H and O–H groups in total. The highest BCUT2D eigenvalue weighted by Crippen LogP contribution is 2.32. The van der Waals surface area contributed by atoms with E-state index in [9.17, 15) is 9.90 Å². The predicted molar refractivity (Wildman–Crippen MR) is 108 cm³/mol. The molecule has 1 atom stereocenters. The highest BCUT2D eigenvalue weighted by atomic mass is 32.1. The Morgan fingerprint density at radius 1 is 1.37 bits per heavy atom. The molecule has 142 valence electrons. The number of hydrogen-bond donors (Lipinski definition) is 1. The number of rotatable bonds is 4. The van der Waals surface area contributed by atoms with Gasteiger partial charge in [0.1, 0.15) is 16.3 Å². The summed E-state index contributed by atoms with van der Waals surface area (Å²) in [6.45, 7) is 5.71. The van der Waals surface area contributed by atoms with Gasteiger partial charge in [-0.25, -0.2) is 9.78 Å². The third-order valence-electron chi connectivity index (χ3n) is 5.41. The Labute approximate surface area is 162 Å². The largest absolute Gasteiger partial charge is 0.507 e. The minimum absolute atomic E-state index is 0.184. The van der Waals surface area contributed by atoms with Crippen LogP contribution in [0.15, 0.2) is 32.8 Å². The van der Waals surface area contributed by atoms with E-state index in [1.54, 1.807) is 12.1 Å². The van der Waals surface area contributed by atoms with Gasteiger partial charge in [-0.2, -0.15) is 0 Å². The van der Waals surface area contributed by atoms with Crippen molar-refractivity contribution in [3.05, 3.63) is 45.3 Å². The summed E-state index contributed by atoms with van der Waals surface area (Å²) in [4.78, 5) is 19.4. The van der Waals surface area contributed by atoms with Gasteiger partial charge in [-0.1, -0.05) is 13.3 Å². The van der Waals surface area contributed by atoms with Gasteiger partial charge in [0.15, 0.2) is 0 Å². The molecule has 0 unspecified atom stereocenters. The summed E-state index contributed by atoms with van der Waals surface area (Å²) in [6.07, 6.45) is 4.68. The molecule has 4 rings (SSSR count). The number of aromatic nitrogens is 1. The zero-order valence-corrected chi connectivity index (χ0v) is 16.5. The molecule has 0 bridgehead atoms. The molecule has 5 nitrogen and oxygen atoms in total. The van der Waals surface area contributed by atoms with Crippen molar-refractivity contribution in [1.82, 2.24) is 9.88 Å². The minimum Gasteiger partial charge on any atom is -0.507 e. The third-order valence-corrected chi connectivity index (χ3v) is 6.41. The number of hydrogen-bond acceptors (Lipinski definition) is 6. The molecule has 0 saturated carbocycles. The predicted octanol–water partition coefficient (Wildman–Crippen LogP) is 4.70. The number of nitrogens with zero attached hydrogens (tertiary/aromatic N) is 2. The summed E-state index contributed by atoms with van der Waals surface area (Å²) in [7, 11) is 0. The summed E-state index contributed by atoms with van der Waals surface area (Å²) in [5, 5.41) is 13.9. The van der Waals surface area contributed by atoms with Crippen LogP contribution in [0.3, 0.4) is 0 Å². The quantitative estimate of drug-likeness (QED) is 0.661. The van der Waals surface area contributed by atoms with Crippen LogP contribution in [0.1, 0.15) is 43.9 Å². The number of aryl methyl sites for hydroxylation is 1. The zero-order chi connectivity index (χ0) is 19.0. The second-order valence-corrected chi connectivity index (χ2v) is 8.11. The Balaban J connectivity index is 1.78. The molecular weight excluding hydrogens is 360 g/mol. The standard InChI is InChI=1S/C21H24N2O3S/c1-3-15-6-4-5-9-23(15)11-17-18(24)8-7-14-10-16(21(25)26-19(14)17)20-22-13(2)12-27-20/h7-8,10,12,15,24H,3-6,9,11H2,1-2H3/t15-/m1/s1. The summed E-state index contributed by atoms with van der Waals surface area (Å²) in [6, 6.07) is 5.84. The van der Waals surface area contributed by atoms with Crippen molar-refractivity contribution in [1.29, 1.82) is 0 Å². The van der Waals surface area contributed by atoms with E-state index in [4.69, 9.17) is 4.42 Å². The van der Waals surface area contributed by atoms with Crippen LogP contribution >= 0.6 is 11.3 Å². The van der Waals surface area contributed by atoms with Crippen LogP contribution in [0.25, 0.3) is 21.5 Å². The molecule has 0 amide bonds. The topological polar surface area (TPSA) is 66.6 Å². The number of fused-ring (bicyclic) bond motifs is 1. The van der Waals surface area contributed by atoms with Crippen LogP contribution in [-0.2, 0) is 6.54 Å². The molecule has 2 aromatic heterocycles. The van der Waals surface area contributed by atoms with Crippen LogP contribution in [0.4, 0.5) is 0 Å². The molecule has 0 spiro atoms. The van der Waals surface area contributed by atoms with Crippen molar-refractivity contribution in [2.45, 2.75) is 52.1 Å². The van der Waals surface area contributed by atoms with E-state index < -0.39 is 5.63 Å². The molecule has 0 radical (unpaired) electrons. The Morgan fingerprint density at radius 2 is 2.22 bits per heavy atom. The van der Waals surface area contributed by atoms with Gasteiger partial charge in [0.05, 0.1) is 11.1 Å². The summed E-state index contributed by atoms with van der Waals surface area (Å²) in [5.74, 6) is 0.184. The van der Waals surface area contributed by atoms with Gasteiger partial charge < -0.3 is 9.52 Å². The van der Waals surface area contributed by atoms with Crippen molar-refractivity contribution in [3.8, 4) is 16.3 Å². The smallest absolute Gasteiger partial charge is 0.346 e. The van der Waals surface area contributed by atoms with Crippen LogP contribution in [-0.4, -0.2) is 27.6 Å². The average Bonchev–Trinajstić information content (AvgIpc) is 3.10. The Morgan fingerprint density at radius 3 is 2.96 bits per heavy atom. The molecule has 1 saturated heterocycles. The maximum Gasteiger partial charge on any atom is 0.346 e. The lowest BCUT2D eigenvalue weighted by Crippen LogP contribution is -2.38. The first kappa shape index (κ1) is 18.2. The normalized spacial score (nSPS) is 18.2. The van der Waals surface area contributed by atoms with Crippen molar-refractivity contribution in [3.63, 3.8) is 0 Å². The highest BCUT2D eigenvalue weighted by Gasteiger charge is 2.24. The van der Waals surface area contributed by atoms with Crippen molar-refractivity contribution < 1.29 is 9.52 Å². The maximum atomic E-state index is 12.6. The van der Waals surface area contributed by atoms with Crippen molar-refractivity contribution >= 4 is 22.3 Å². The molecule has 1 aliphatic rings. The lowest BCUT2D eigenvalue weighted by molar-refractivity contribution is 0.135. The van der Waals surface area contributed by atoms with Gasteiger partial charge >= 0.3 is 5.63 Å². The number of thiazole rings is 1. The van der Waals surface area contributed by atoms with E-state index >= 15 is 0 Å². The Bertz CT molecular complexity index is 1020. The summed E-state index contributed by atoms with van der Waals surface area (Å²) < 4.78 is 5.70. The fourth-order valence-corrected chi connectivity index (χ4v) is 4.75. The molecule has 1 aromatic carbocycles. The van der Waals surface area contributed by atoms with Crippen LogP contribution in [0, 0.1) is 6.92 Å². The number of phenols is 1. The second-order valence-electron chi connectivity index (χ2n) is 7.25. The third kappa shape index (κ3) is 3.51. The highest BCUT2D eigenvalue weighted by molar-refractivity contribution is 7.13. The average molecular weight is 385 g/mol. The van der Waals surface area contributed by atoms with E-state index in [0.29, 0.717) is 34.3 Å². The molecular formula is C21H24N2O3S. The van der Waals surface area contributed by atoms with Gasteiger partial charge in [-0.15, -0.1) is 11.3 Å². The lowest BCUT2D eigenvalue weighted by Gasteiger charge is -2.35. The first-order chi connectivity index (χ1) is 13.1. The van der Waals surface area contributed by atoms with Crippen LogP contribution in [0.5, 0.6) is 5.75 Å². The monoisotopic (exact) mass is 384 g/mol. The van der Waals surface area contributed by atoms with E-state index in [1.807, 2.05) is 18.4 Å². The van der Waals surface area contributed by atoms with E-state index in [2.05, 4.69) is 16.8 Å². The minimum atomic E-state index is -0.408. The molecule has 6 heteroatoms. The first-order valence-electron chi connectivity index (χ1n) is 9.52. The number of likely N-dealkylation sites (tertiary alicyclic amines) is 1. The maximum absolute atomic E-state index is 12.6. The lowest BCUT2D eigenvalue weighted by atomic mass is 9.98. The van der Waals surface area contributed by atoms with Crippen LogP contribution in [0.2, 0.25) is 0 Å². The fourth-order valence-electron chi connectivity index (χ4n) is 3.94. The second kappa shape index (κ2) is 7.44. The Hall–Kier alpha value is -2.18. The number of aromatic hydroxyl groups is 1. The number of phenolic OH excluding ortho intramolecular Hbond substituents is 1. The number of piperidine rings is 1. The Kier molecular flexibility index (Phi) is 5.02. The summed E-state index contributed by atoms with van der Waals surface area (Å²) in [5.41, 5.74) is 2.14. The molecule has 1 aliphatic heterocycles. The van der Waals surface area contributed by atoms with Gasteiger partial charge in [0.2, 0.25) is 0 Å². The van der Waals surface area contributed by atoms with Gasteiger partial charge in [-0.3, -0.25) is 4.90 Å². The zero-order valence-electron chi connectivity index (χ0n) is 15.7. The van der Waals surface area contributed by atoms with Crippen molar-refractivity contribution in [2.24, 2.45) is 0 Å². The molecule has 27 heavy (non-hydrogen) atoms. The molecule has 3 heterocycles.